The van der Waals surface area contributed by atoms with E-state index in [2.05, 4.69) is 40.0 Å². The number of allylic oxidation sites excluding steroid dienone is 1. The summed E-state index contributed by atoms with van der Waals surface area (Å²) in [6.45, 7) is 1.71. The van der Waals surface area contributed by atoms with E-state index in [-0.39, 0.29) is 11.5 Å². The summed E-state index contributed by atoms with van der Waals surface area (Å²) in [4.78, 5) is 18.1. The number of nitrogens with one attached hydrogen (secondary N) is 1. The summed E-state index contributed by atoms with van der Waals surface area (Å²) in [6, 6.07) is 14.5. The molecule has 0 amide bonds. The Labute approximate surface area is 157 Å². The number of anilines is 1. The maximum atomic E-state index is 12.3. The van der Waals surface area contributed by atoms with E-state index in [1.807, 2.05) is 24.3 Å². The van der Waals surface area contributed by atoms with Gasteiger partial charge in [-0.25, -0.2) is 9.78 Å². The molecule has 5 rings (SSSR count). The second-order valence-corrected chi connectivity index (χ2v) is 8.08. The van der Waals surface area contributed by atoms with Gasteiger partial charge in [-0.3, -0.25) is 0 Å². The van der Waals surface area contributed by atoms with Crippen molar-refractivity contribution >= 4 is 43.6 Å². The molecule has 1 aliphatic rings. The van der Waals surface area contributed by atoms with Crippen molar-refractivity contribution in [3.05, 3.63) is 86.2 Å². The summed E-state index contributed by atoms with van der Waals surface area (Å²) in [5.74, 6) is 0.426. The Hall–Kier alpha value is -2.70. The molecule has 0 spiro atoms. The van der Waals surface area contributed by atoms with Crippen LogP contribution in [0, 0.1) is 6.92 Å². The molecule has 4 nitrogen and oxygen atoms in total. The van der Waals surface area contributed by atoms with Gasteiger partial charge in [0.25, 0.3) is 0 Å². The zero-order chi connectivity index (χ0) is 17.7. The van der Waals surface area contributed by atoms with E-state index in [0.29, 0.717) is 10.6 Å². The first-order chi connectivity index (χ1) is 12.7. The quantitative estimate of drug-likeness (QED) is 0.520. The third kappa shape index (κ3) is 2.41. The summed E-state index contributed by atoms with van der Waals surface area (Å²) in [5.41, 5.74) is 3.71. The standard InChI is InChI=1S/C20H14N2O2S2/c1-11-21-17-16-13(12-6-3-2-4-7-12)10-14(15-8-5-9-25-15)22-19(16)26-18(17)20(23)24-11/h2-10,13,22H,1H3. The molecule has 1 atom stereocenters. The van der Waals surface area contributed by atoms with Crippen LogP contribution < -0.4 is 10.9 Å². The average Bonchev–Trinajstić information content (AvgIpc) is 3.30. The molecule has 0 saturated carbocycles. The van der Waals surface area contributed by atoms with Crippen LogP contribution in [0.2, 0.25) is 0 Å². The third-order valence-corrected chi connectivity index (χ3v) is 6.45. The summed E-state index contributed by atoms with van der Waals surface area (Å²) in [7, 11) is 0. The van der Waals surface area contributed by atoms with Crippen LogP contribution >= 0.6 is 22.7 Å². The number of aryl methyl sites for hydroxylation is 1. The van der Waals surface area contributed by atoms with E-state index >= 15 is 0 Å². The Morgan fingerprint density at radius 3 is 2.77 bits per heavy atom. The van der Waals surface area contributed by atoms with Gasteiger partial charge < -0.3 is 9.73 Å². The summed E-state index contributed by atoms with van der Waals surface area (Å²) >= 11 is 3.11. The van der Waals surface area contributed by atoms with Gasteiger partial charge in [0.05, 0.1) is 16.1 Å². The van der Waals surface area contributed by atoms with Crippen LogP contribution in [0.3, 0.4) is 0 Å². The van der Waals surface area contributed by atoms with E-state index in [1.165, 1.54) is 21.8 Å². The van der Waals surface area contributed by atoms with Crippen LogP contribution in [0.5, 0.6) is 0 Å². The van der Waals surface area contributed by atoms with Crippen LogP contribution in [0.4, 0.5) is 5.00 Å². The molecule has 0 bridgehead atoms. The first-order valence-electron chi connectivity index (χ1n) is 8.22. The molecule has 0 aliphatic carbocycles. The summed E-state index contributed by atoms with van der Waals surface area (Å²) < 4.78 is 5.77. The van der Waals surface area contributed by atoms with Gasteiger partial charge in [0.1, 0.15) is 9.70 Å². The van der Waals surface area contributed by atoms with Gasteiger partial charge in [0.15, 0.2) is 5.89 Å². The third-order valence-electron chi connectivity index (χ3n) is 4.45. The van der Waals surface area contributed by atoms with Crippen molar-refractivity contribution in [1.29, 1.82) is 0 Å². The lowest BCUT2D eigenvalue weighted by Gasteiger charge is -2.23. The number of fused-ring (bicyclic) bond motifs is 3. The normalized spacial score (nSPS) is 16.2. The number of hydrogen-bond donors (Lipinski definition) is 1. The van der Waals surface area contributed by atoms with E-state index in [9.17, 15) is 4.79 Å². The van der Waals surface area contributed by atoms with Crippen molar-refractivity contribution in [2.75, 3.05) is 5.32 Å². The van der Waals surface area contributed by atoms with Gasteiger partial charge in [-0.05, 0) is 23.1 Å². The van der Waals surface area contributed by atoms with Crippen molar-refractivity contribution in [2.24, 2.45) is 0 Å². The molecule has 4 aromatic rings. The zero-order valence-electron chi connectivity index (χ0n) is 13.9. The highest BCUT2D eigenvalue weighted by atomic mass is 32.1. The molecule has 3 aromatic heterocycles. The SMILES string of the molecule is Cc1nc2c3c(sc2c(=O)o1)NC(c1cccs1)=CC3c1ccccc1. The highest BCUT2D eigenvalue weighted by molar-refractivity contribution is 7.23. The van der Waals surface area contributed by atoms with Crippen LogP contribution in [0.15, 0.2) is 63.1 Å². The van der Waals surface area contributed by atoms with Crippen LogP contribution in [-0.4, -0.2) is 4.98 Å². The van der Waals surface area contributed by atoms with Crippen molar-refractivity contribution < 1.29 is 4.42 Å². The molecule has 128 valence electrons. The van der Waals surface area contributed by atoms with Crippen molar-refractivity contribution in [3.8, 4) is 0 Å². The monoisotopic (exact) mass is 378 g/mol. The number of thiophene rings is 2. The van der Waals surface area contributed by atoms with E-state index in [1.54, 1.807) is 18.3 Å². The minimum absolute atomic E-state index is 0.0343. The van der Waals surface area contributed by atoms with E-state index in [4.69, 9.17) is 4.42 Å². The van der Waals surface area contributed by atoms with Crippen LogP contribution in [0.1, 0.15) is 27.8 Å². The Balaban J connectivity index is 1.79. The molecular formula is C20H14N2O2S2. The molecule has 1 N–H and O–H groups in total. The van der Waals surface area contributed by atoms with Crippen molar-refractivity contribution in [2.45, 2.75) is 12.8 Å². The number of nitrogens with zero attached hydrogens (tertiary/aromatic N) is 1. The van der Waals surface area contributed by atoms with Crippen molar-refractivity contribution in [1.82, 2.24) is 4.98 Å². The Bertz CT molecular complexity index is 1190. The second kappa shape index (κ2) is 5.93. The average molecular weight is 378 g/mol. The highest BCUT2D eigenvalue weighted by Gasteiger charge is 2.29. The fourth-order valence-electron chi connectivity index (χ4n) is 3.34. The maximum Gasteiger partial charge on any atom is 0.357 e. The van der Waals surface area contributed by atoms with E-state index < -0.39 is 0 Å². The molecule has 1 unspecified atom stereocenters. The summed E-state index contributed by atoms with van der Waals surface area (Å²) in [5, 5.41) is 6.53. The van der Waals surface area contributed by atoms with Gasteiger partial charge in [0.2, 0.25) is 0 Å². The lowest BCUT2D eigenvalue weighted by atomic mass is 9.89. The predicted molar refractivity (Wildman–Crippen MR) is 107 cm³/mol. The van der Waals surface area contributed by atoms with Gasteiger partial charge in [0, 0.05) is 18.4 Å². The molecule has 1 aliphatic heterocycles. The molecule has 1 aromatic carbocycles. The molecule has 4 heterocycles. The topological polar surface area (TPSA) is 55.1 Å². The van der Waals surface area contributed by atoms with Gasteiger partial charge in [-0.1, -0.05) is 36.4 Å². The van der Waals surface area contributed by atoms with Gasteiger partial charge in [-0.2, -0.15) is 0 Å². The number of aromatic nitrogens is 1. The lowest BCUT2D eigenvalue weighted by molar-refractivity contribution is 0.468. The molecular weight excluding hydrogens is 364 g/mol. The Morgan fingerprint density at radius 2 is 2.00 bits per heavy atom. The Kier molecular flexibility index (Phi) is 3.55. The first-order valence-corrected chi connectivity index (χ1v) is 9.92. The van der Waals surface area contributed by atoms with E-state index in [0.717, 1.165) is 21.8 Å². The smallest absolute Gasteiger partial charge is 0.357 e. The van der Waals surface area contributed by atoms with Gasteiger partial charge >= 0.3 is 5.63 Å². The fourth-order valence-corrected chi connectivity index (χ4v) is 5.12. The maximum absolute atomic E-state index is 12.3. The minimum atomic E-state index is -0.321. The fraction of sp³-hybridized carbons (Fsp3) is 0.100. The number of rotatable bonds is 2. The van der Waals surface area contributed by atoms with Crippen LogP contribution in [-0.2, 0) is 0 Å². The summed E-state index contributed by atoms with van der Waals surface area (Å²) in [6.07, 6.45) is 2.22. The highest BCUT2D eigenvalue weighted by Crippen LogP contribution is 2.46. The van der Waals surface area contributed by atoms with Crippen LogP contribution in [0.25, 0.3) is 15.9 Å². The minimum Gasteiger partial charge on any atom is -0.408 e. The second-order valence-electron chi connectivity index (χ2n) is 6.11. The molecule has 0 fully saturated rings. The first kappa shape index (κ1) is 15.5. The molecule has 0 radical (unpaired) electrons. The largest absolute Gasteiger partial charge is 0.408 e. The lowest BCUT2D eigenvalue weighted by Crippen LogP contribution is -2.11. The Morgan fingerprint density at radius 1 is 1.15 bits per heavy atom. The number of hydrogen-bond acceptors (Lipinski definition) is 6. The predicted octanol–water partition coefficient (Wildman–Crippen LogP) is 5.22. The number of benzene rings is 1. The molecule has 26 heavy (non-hydrogen) atoms. The zero-order valence-corrected chi connectivity index (χ0v) is 15.5. The molecule has 0 saturated heterocycles. The van der Waals surface area contributed by atoms with Gasteiger partial charge in [-0.15, -0.1) is 22.7 Å². The van der Waals surface area contributed by atoms with Crippen molar-refractivity contribution in [3.63, 3.8) is 0 Å². The molecule has 6 heteroatoms.